The van der Waals surface area contributed by atoms with Crippen LogP contribution in [-0.2, 0) is 13.0 Å². The predicted molar refractivity (Wildman–Crippen MR) is 98.8 cm³/mol. The van der Waals surface area contributed by atoms with Gasteiger partial charge in [-0.3, -0.25) is 4.99 Å². The minimum atomic E-state index is 0.511. The lowest BCUT2D eigenvalue weighted by Gasteiger charge is -2.14. The molecule has 1 heterocycles. The maximum absolute atomic E-state index is 5.79. The summed E-state index contributed by atoms with van der Waals surface area (Å²) in [5, 5.41) is 7.10. The van der Waals surface area contributed by atoms with Crippen LogP contribution in [0.3, 0.4) is 0 Å². The lowest BCUT2D eigenvalue weighted by Crippen LogP contribution is -2.37. The first kappa shape index (κ1) is 18.1. The highest BCUT2D eigenvalue weighted by Gasteiger charge is 2.04. The van der Waals surface area contributed by atoms with Crippen molar-refractivity contribution in [2.75, 3.05) is 20.2 Å². The molecule has 2 N–H and O–H groups in total. The molecular weight excluding hydrogens is 324 g/mol. The van der Waals surface area contributed by atoms with Gasteiger partial charge in [0.1, 0.15) is 10.9 Å². The van der Waals surface area contributed by atoms with Crippen LogP contribution in [-0.4, -0.2) is 31.1 Å². The monoisotopic (exact) mass is 346 g/mol. The SMILES string of the molecule is CCOc1ccccc1CNC(=NC)NCCc1ccc(Cl)nc1. The third kappa shape index (κ3) is 5.74. The lowest BCUT2D eigenvalue weighted by atomic mass is 10.2. The van der Waals surface area contributed by atoms with Crippen molar-refractivity contribution in [1.29, 1.82) is 0 Å². The third-order valence-corrected chi connectivity index (χ3v) is 3.66. The summed E-state index contributed by atoms with van der Waals surface area (Å²) in [5.41, 5.74) is 2.23. The van der Waals surface area contributed by atoms with Gasteiger partial charge in [0, 0.05) is 31.9 Å². The average molecular weight is 347 g/mol. The summed E-state index contributed by atoms with van der Waals surface area (Å²) < 4.78 is 5.63. The molecule has 0 radical (unpaired) electrons. The maximum Gasteiger partial charge on any atom is 0.191 e. The number of rotatable bonds is 7. The molecule has 0 spiro atoms. The Labute approximate surface area is 148 Å². The van der Waals surface area contributed by atoms with Crippen molar-refractivity contribution in [2.24, 2.45) is 4.99 Å². The van der Waals surface area contributed by atoms with E-state index < -0.39 is 0 Å². The zero-order valence-electron chi connectivity index (χ0n) is 14.1. The van der Waals surface area contributed by atoms with Gasteiger partial charge in [-0.15, -0.1) is 0 Å². The molecule has 0 aliphatic rings. The van der Waals surface area contributed by atoms with E-state index in [4.69, 9.17) is 16.3 Å². The molecule has 2 aromatic rings. The van der Waals surface area contributed by atoms with E-state index >= 15 is 0 Å². The number of pyridine rings is 1. The lowest BCUT2D eigenvalue weighted by molar-refractivity contribution is 0.336. The Morgan fingerprint density at radius 1 is 1.21 bits per heavy atom. The zero-order chi connectivity index (χ0) is 17.2. The van der Waals surface area contributed by atoms with Crippen LogP contribution in [0.1, 0.15) is 18.1 Å². The van der Waals surface area contributed by atoms with Gasteiger partial charge in [-0.25, -0.2) is 4.98 Å². The van der Waals surface area contributed by atoms with Gasteiger partial charge in [-0.1, -0.05) is 35.9 Å². The van der Waals surface area contributed by atoms with Crippen molar-refractivity contribution in [3.63, 3.8) is 0 Å². The number of nitrogens with zero attached hydrogens (tertiary/aromatic N) is 2. The molecule has 0 fully saturated rings. The number of ether oxygens (including phenoxy) is 1. The number of aliphatic imine (C=N–C) groups is 1. The van der Waals surface area contributed by atoms with E-state index in [-0.39, 0.29) is 0 Å². The Morgan fingerprint density at radius 3 is 2.75 bits per heavy atom. The van der Waals surface area contributed by atoms with Crippen molar-refractivity contribution in [3.8, 4) is 5.75 Å². The molecule has 0 bridgehead atoms. The summed E-state index contributed by atoms with van der Waals surface area (Å²) in [5.74, 6) is 1.65. The number of aromatic nitrogens is 1. The molecule has 0 unspecified atom stereocenters. The predicted octanol–water partition coefficient (Wildman–Crippen LogP) is 3.04. The van der Waals surface area contributed by atoms with Gasteiger partial charge in [0.25, 0.3) is 0 Å². The fourth-order valence-corrected chi connectivity index (χ4v) is 2.34. The Morgan fingerprint density at radius 2 is 2.04 bits per heavy atom. The standard InChI is InChI=1S/C18H23ClN4O/c1-3-24-16-7-5-4-6-15(16)13-23-18(20-2)21-11-10-14-8-9-17(19)22-12-14/h4-9,12H,3,10-11,13H2,1-2H3,(H2,20,21,23). The van der Waals surface area contributed by atoms with Gasteiger partial charge in [-0.2, -0.15) is 0 Å². The van der Waals surface area contributed by atoms with Gasteiger partial charge >= 0.3 is 0 Å². The summed E-state index contributed by atoms with van der Waals surface area (Å²) in [6, 6.07) is 11.8. The van der Waals surface area contributed by atoms with E-state index in [0.717, 1.165) is 35.8 Å². The van der Waals surface area contributed by atoms with Crippen molar-refractivity contribution in [1.82, 2.24) is 15.6 Å². The highest BCUT2D eigenvalue weighted by Crippen LogP contribution is 2.17. The van der Waals surface area contributed by atoms with Crippen LogP contribution in [0.5, 0.6) is 5.75 Å². The van der Waals surface area contributed by atoms with E-state index in [2.05, 4.69) is 20.6 Å². The number of benzene rings is 1. The summed E-state index contributed by atoms with van der Waals surface area (Å²) in [4.78, 5) is 8.32. The molecule has 0 atom stereocenters. The van der Waals surface area contributed by atoms with Crippen molar-refractivity contribution in [3.05, 3.63) is 58.9 Å². The van der Waals surface area contributed by atoms with Gasteiger partial charge in [0.05, 0.1) is 6.61 Å². The minimum Gasteiger partial charge on any atom is -0.494 e. The maximum atomic E-state index is 5.79. The van der Waals surface area contributed by atoms with E-state index in [1.165, 1.54) is 0 Å². The van der Waals surface area contributed by atoms with Crippen LogP contribution in [0, 0.1) is 0 Å². The third-order valence-electron chi connectivity index (χ3n) is 3.44. The fraction of sp³-hybridized carbons (Fsp3) is 0.333. The number of nitrogens with one attached hydrogen (secondary N) is 2. The van der Waals surface area contributed by atoms with Crippen molar-refractivity contribution in [2.45, 2.75) is 19.9 Å². The molecule has 0 saturated carbocycles. The Kier molecular flexibility index (Phi) is 7.36. The number of hydrogen-bond donors (Lipinski definition) is 2. The Bertz CT molecular complexity index is 658. The molecule has 0 aliphatic heterocycles. The summed E-state index contributed by atoms with van der Waals surface area (Å²) >= 11 is 5.79. The van der Waals surface area contributed by atoms with Crippen LogP contribution in [0.15, 0.2) is 47.6 Å². The Balaban J connectivity index is 1.81. The first-order chi connectivity index (χ1) is 11.7. The van der Waals surface area contributed by atoms with Crippen molar-refractivity contribution < 1.29 is 4.74 Å². The molecule has 6 heteroatoms. The van der Waals surface area contributed by atoms with Gasteiger partial charge < -0.3 is 15.4 Å². The second-order valence-corrected chi connectivity index (χ2v) is 5.52. The van der Waals surface area contributed by atoms with Gasteiger partial charge in [-0.05, 0) is 31.0 Å². The van der Waals surface area contributed by atoms with Crippen LogP contribution < -0.4 is 15.4 Å². The van der Waals surface area contributed by atoms with Crippen molar-refractivity contribution >= 4 is 17.6 Å². The first-order valence-corrected chi connectivity index (χ1v) is 8.36. The minimum absolute atomic E-state index is 0.511. The second kappa shape index (κ2) is 9.78. The number of guanidine groups is 1. The molecule has 0 amide bonds. The molecule has 2 rings (SSSR count). The summed E-state index contributed by atoms with van der Waals surface area (Å²) in [6.07, 6.45) is 2.64. The largest absolute Gasteiger partial charge is 0.494 e. The molecule has 24 heavy (non-hydrogen) atoms. The van der Waals surface area contributed by atoms with Crippen LogP contribution in [0.2, 0.25) is 5.15 Å². The highest BCUT2D eigenvalue weighted by molar-refractivity contribution is 6.29. The normalized spacial score (nSPS) is 11.2. The average Bonchev–Trinajstić information content (AvgIpc) is 2.61. The van der Waals surface area contributed by atoms with Crippen LogP contribution in [0.25, 0.3) is 0 Å². The Hall–Kier alpha value is -2.27. The molecular formula is C18H23ClN4O. The van der Waals surface area contributed by atoms with Gasteiger partial charge in [0.15, 0.2) is 5.96 Å². The van der Waals surface area contributed by atoms with Crippen LogP contribution >= 0.6 is 11.6 Å². The molecule has 5 nitrogen and oxygen atoms in total. The number of hydrogen-bond acceptors (Lipinski definition) is 3. The highest BCUT2D eigenvalue weighted by atomic mass is 35.5. The molecule has 0 saturated heterocycles. The quantitative estimate of drug-likeness (QED) is 0.459. The van der Waals surface area contributed by atoms with Crippen LogP contribution in [0.4, 0.5) is 0 Å². The number of para-hydroxylation sites is 1. The second-order valence-electron chi connectivity index (χ2n) is 5.13. The summed E-state index contributed by atoms with van der Waals surface area (Å²) in [7, 11) is 1.76. The molecule has 0 aliphatic carbocycles. The van der Waals surface area contributed by atoms with E-state index in [1.54, 1.807) is 19.3 Å². The topological polar surface area (TPSA) is 58.5 Å². The molecule has 1 aromatic carbocycles. The zero-order valence-corrected chi connectivity index (χ0v) is 14.8. The molecule has 128 valence electrons. The number of halogens is 1. The first-order valence-electron chi connectivity index (χ1n) is 7.98. The van der Waals surface area contributed by atoms with E-state index in [1.807, 2.05) is 37.3 Å². The molecule has 1 aromatic heterocycles. The van der Waals surface area contributed by atoms with Gasteiger partial charge in [0.2, 0.25) is 0 Å². The fourth-order valence-electron chi connectivity index (χ4n) is 2.23. The summed E-state index contributed by atoms with van der Waals surface area (Å²) in [6.45, 7) is 4.05. The van der Waals surface area contributed by atoms with E-state index in [0.29, 0.717) is 18.3 Å². The smallest absolute Gasteiger partial charge is 0.191 e. The van der Waals surface area contributed by atoms with E-state index in [9.17, 15) is 0 Å².